The van der Waals surface area contributed by atoms with Gasteiger partial charge in [0.15, 0.2) is 0 Å². The minimum atomic E-state index is -4.61. The predicted octanol–water partition coefficient (Wildman–Crippen LogP) is 2.31. The van der Waals surface area contributed by atoms with Crippen LogP contribution in [-0.4, -0.2) is 61.3 Å². The van der Waals surface area contributed by atoms with Crippen molar-refractivity contribution in [2.45, 2.75) is 50.3 Å². The van der Waals surface area contributed by atoms with Gasteiger partial charge >= 0.3 is 6.18 Å². The molecule has 1 aromatic carbocycles. The second-order valence-electron chi connectivity index (χ2n) is 7.88. The Kier molecular flexibility index (Phi) is 6.47. The van der Waals surface area contributed by atoms with E-state index in [1.165, 1.54) is 0 Å². The molecule has 0 bridgehead atoms. The van der Waals surface area contributed by atoms with Gasteiger partial charge in [-0.1, -0.05) is 6.07 Å². The molecule has 1 unspecified atom stereocenters. The number of piperazine rings is 1. The van der Waals surface area contributed by atoms with E-state index in [1.54, 1.807) is 6.92 Å². The predicted molar refractivity (Wildman–Crippen MR) is 99.1 cm³/mol. The van der Waals surface area contributed by atoms with Crippen molar-refractivity contribution in [1.29, 1.82) is 0 Å². The number of nitrogens with zero attached hydrogens (tertiary/aromatic N) is 2. The maximum atomic E-state index is 12.9. The van der Waals surface area contributed by atoms with Crippen molar-refractivity contribution >= 4 is 15.9 Å². The molecule has 0 aliphatic carbocycles. The van der Waals surface area contributed by atoms with Crippen molar-refractivity contribution in [2.24, 2.45) is 0 Å². The molecule has 158 valence electrons. The van der Waals surface area contributed by atoms with Crippen LogP contribution < -0.4 is 5.32 Å². The number of sulfonamides is 1. The van der Waals surface area contributed by atoms with Gasteiger partial charge in [-0.2, -0.15) is 17.5 Å². The Morgan fingerprint density at radius 3 is 2.18 bits per heavy atom. The molecule has 1 saturated heterocycles. The summed E-state index contributed by atoms with van der Waals surface area (Å²) in [6.07, 6.45) is -4.61. The summed E-state index contributed by atoms with van der Waals surface area (Å²) in [6, 6.07) is 3.31. The first-order valence-corrected chi connectivity index (χ1v) is 10.4. The van der Waals surface area contributed by atoms with Gasteiger partial charge in [0, 0.05) is 31.7 Å². The van der Waals surface area contributed by atoms with Crippen LogP contribution in [0.5, 0.6) is 0 Å². The summed E-state index contributed by atoms with van der Waals surface area (Å²) in [7, 11) is -4.04. The van der Waals surface area contributed by atoms with Gasteiger partial charge in [-0.3, -0.25) is 9.69 Å². The molecular weight excluding hydrogens is 395 g/mol. The Morgan fingerprint density at radius 2 is 1.68 bits per heavy atom. The summed E-state index contributed by atoms with van der Waals surface area (Å²) in [5.41, 5.74) is -1.38. The van der Waals surface area contributed by atoms with Crippen LogP contribution in [-0.2, 0) is 21.0 Å². The molecule has 2 rings (SSSR count). The second-order valence-corrected chi connectivity index (χ2v) is 9.82. The molecule has 10 heteroatoms. The lowest BCUT2D eigenvalue weighted by Crippen LogP contribution is -2.56. The number of benzene rings is 1. The molecule has 0 radical (unpaired) electrons. The lowest BCUT2D eigenvalue weighted by Gasteiger charge is -2.37. The van der Waals surface area contributed by atoms with Gasteiger partial charge in [0.1, 0.15) is 0 Å². The lowest BCUT2D eigenvalue weighted by molar-refractivity contribution is -0.137. The first-order chi connectivity index (χ1) is 12.7. The maximum absolute atomic E-state index is 12.9. The average Bonchev–Trinajstić information content (AvgIpc) is 2.59. The standard InChI is InChI=1S/C18H26F3N3O3S/c1-13(16(25)22-17(2,3)4)23-8-10-24(11-9-23)28(26,27)15-7-5-6-14(12-15)18(19,20)21/h5-7,12-13H,8-11H2,1-4H3,(H,22,25). The number of rotatable bonds is 4. The Bertz CT molecular complexity index is 811. The van der Waals surface area contributed by atoms with Crippen LogP contribution in [0.15, 0.2) is 29.2 Å². The largest absolute Gasteiger partial charge is 0.416 e. The molecule has 1 aliphatic rings. The summed E-state index contributed by atoms with van der Waals surface area (Å²) >= 11 is 0. The topological polar surface area (TPSA) is 69.7 Å². The summed E-state index contributed by atoms with van der Waals surface area (Å²) in [4.78, 5) is 13.8. The van der Waals surface area contributed by atoms with Crippen LogP contribution in [0.1, 0.15) is 33.3 Å². The molecule has 6 nitrogen and oxygen atoms in total. The van der Waals surface area contributed by atoms with Crippen molar-refractivity contribution in [3.05, 3.63) is 29.8 Å². The van der Waals surface area contributed by atoms with Crippen molar-refractivity contribution in [2.75, 3.05) is 26.2 Å². The molecule has 1 atom stereocenters. The van der Waals surface area contributed by atoms with E-state index in [9.17, 15) is 26.4 Å². The van der Waals surface area contributed by atoms with Gasteiger partial charge in [-0.15, -0.1) is 0 Å². The summed E-state index contributed by atoms with van der Waals surface area (Å²) in [5.74, 6) is -0.151. The molecule has 1 aliphatic heterocycles. The van der Waals surface area contributed by atoms with E-state index in [-0.39, 0.29) is 29.4 Å². The third-order valence-electron chi connectivity index (χ3n) is 4.50. The van der Waals surface area contributed by atoms with Gasteiger partial charge < -0.3 is 5.32 Å². The fraction of sp³-hybridized carbons (Fsp3) is 0.611. The number of alkyl halides is 3. The van der Waals surface area contributed by atoms with E-state index < -0.39 is 27.8 Å². The Labute approximate surface area is 163 Å². The van der Waals surface area contributed by atoms with E-state index in [0.29, 0.717) is 19.2 Å². The summed E-state index contributed by atoms with van der Waals surface area (Å²) in [5, 5.41) is 2.88. The Hall–Kier alpha value is -1.65. The second kappa shape index (κ2) is 8.00. The zero-order valence-corrected chi connectivity index (χ0v) is 17.2. The Balaban J connectivity index is 2.07. The molecule has 1 fully saturated rings. The van der Waals surface area contributed by atoms with Crippen LogP contribution in [0.3, 0.4) is 0 Å². The number of carbonyl (C=O) groups excluding carboxylic acids is 1. The van der Waals surface area contributed by atoms with Gasteiger partial charge in [-0.05, 0) is 45.9 Å². The smallest absolute Gasteiger partial charge is 0.350 e. The number of hydrogen-bond acceptors (Lipinski definition) is 4. The normalized spacial score (nSPS) is 18.7. The first-order valence-electron chi connectivity index (χ1n) is 8.95. The number of hydrogen-bond donors (Lipinski definition) is 1. The van der Waals surface area contributed by atoms with Gasteiger partial charge in [0.05, 0.1) is 16.5 Å². The SMILES string of the molecule is CC(C(=O)NC(C)(C)C)N1CCN(S(=O)(=O)c2cccc(C(F)(F)F)c2)CC1. The zero-order valence-electron chi connectivity index (χ0n) is 16.4. The molecule has 1 N–H and O–H groups in total. The van der Waals surface area contributed by atoms with Gasteiger partial charge in [0.25, 0.3) is 0 Å². The zero-order chi connectivity index (χ0) is 21.3. The van der Waals surface area contributed by atoms with Crippen LogP contribution in [0, 0.1) is 0 Å². The number of carbonyl (C=O) groups is 1. The number of nitrogens with one attached hydrogen (secondary N) is 1. The van der Waals surface area contributed by atoms with E-state index >= 15 is 0 Å². The monoisotopic (exact) mass is 421 g/mol. The van der Waals surface area contributed by atoms with Crippen molar-refractivity contribution in [1.82, 2.24) is 14.5 Å². The fourth-order valence-electron chi connectivity index (χ4n) is 2.95. The quantitative estimate of drug-likeness (QED) is 0.810. The van der Waals surface area contributed by atoms with Crippen molar-refractivity contribution in [3.63, 3.8) is 0 Å². The van der Waals surface area contributed by atoms with E-state index in [2.05, 4.69) is 5.32 Å². The molecule has 1 aromatic rings. The fourth-order valence-corrected chi connectivity index (χ4v) is 4.42. The third-order valence-corrected chi connectivity index (χ3v) is 6.39. The third kappa shape index (κ3) is 5.45. The molecular formula is C18H26F3N3O3S. The van der Waals surface area contributed by atoms with Crippen molar-refractivity contribution < 1.29 is 26.4 Å². The minimum absolute atomic E-state index is 0.103. The van der Waals surface area contributed by atoms with Crippen LogP contribution in [0.2, 0.25) is 0 Å². The maximum Gasteiger partial charge on any atom is 0.416 e. The summed E-state index contributed by atoms with van der Waals surface area (Å²) < 4.78 is 65.2. The number of halogens is 3. The molecule has 1 amide bonds. The highest BCUT2D eigenvalue weighted by molar-refractivity contribution is 7.89. The highest BCUT2D eigenvalue weighted by atomic mass is 32.2. The van der Waals surface area contributed by atoms with Crippen LogP contribution in [0.4, 0.5) is 13.2 Å². The van der Waals surface area contributed by atoms with Crippen molar-refractivity contribution in [3.8, 4) is 0 Å². The highest BCUT2D eigenvalue weighted by Crippen LogP contribution is 2.31. The van der Waals surface area contributed by atoms with Gasteiger partial charge in [0.2, 0.25) is 15.9 Å². The van der Waals surface area contributed by atoms with Crippen LogP contribution >= 0.6 is 0 Å². The average molecular weight is 421 g/mol. The lowest BCUT2D eigenvalue weighted by atomic mass is 10.1. The highest BCUT2D eigenvalue weighted by Gasteiger charge is 2.35. The number of amides is 1. The van der Waals surface area contributed by atoms with Gasteiger partial charge in [-0.25, -0.2) is 8.42 Å². The molecule has 0 spiro atoms. The first kappa shape index (κ1) is 22.6. The molecule has 1 heterocycles. The molecule has 0 saturated carbocycles. The minimum Gasteiger partial charge on any atom is -0.350 e. The summed E-state index contributed by atoms with van der Waals surface area (Å²) in [6.45, 7) is 8.20. The van der Waals surface area contributed by atoms with E-state index in [0.717, 1.165) is 22.5 Å². The molecule has 28 heavy (non-hydrogen) atoms. The Morgan fingerprint density at radius 1 is 1.11 bits per heavy atom. The van der Waals surface area contributed by atoms with E-state index in [1.807, 2.05) is 25.7 Å². The molecule has 0 aromatic heterocycles. The van der Waals surface area contributed by atoms with Crippen LogP contribution in [0.25, 0.3) is 0 Å². The van der Waals surface area contributed by atoms with E-state index in [4.69, 9.17) is 0 Å².